The third-order valence-electron chi connectivity index (χ3n) is 3.69. The van der Waals surface area contributed by atoms with Crippen molar-refractivity contribution in [1.29, 1.82) is 0 Å². The second-order valence-electron chi connectivity index (χ2n) is 5.20. The highest BCUT2D eigenvalue weighted by Crippen LogP contribution is 2.14. The second kappa shape index (κ2) is 6.05. The molecule has 2 amide bonds. The van der Waals surface area contributed by atoms with Gasteiger partial charge in [-0.1, -0.05) is 6.07 Å². The summed E-state index contributed by atoms with van der Waals surface area (Å²) in [6.07, 6.45) is 0.836. The lowest BCUT2D eigenvalue weighted by molar-refractivity contribution is 0.0790. The number of benzene rings is 1. The lowest BCUT2D eigenvalue weighted by Gasteiger charge is -2.17. The van der Waals surface area contributed by atoms with Gasteiger partial charge in [-0.15, -0.1) is 0 Å². The first-order chi connectivity index (χ1) is 9.52. The fourth-order valence-corrected chi connectivity index (χ4v) is 2.30. The van der Waals surface area contributed by atoms with E-state index in [2.05, 4.69) is 0 Å². The van der Waals surface area contributed by atoms with Crippen LogP contribution in [-0.2, 0) is 0 Å². The molecule has 0 bridgehead atoms. The van der Waals surface area contributed by atoms with Crippen molar-refractivity contribution in [3.05, 3.63) is 35.4 Å². The number of rotatable bonds is 3. The number of amides is 2. The number of carbonyl (C=O) groups is 2. The molecule has 2 rings (SSSR count). The standard InChI is InChI=1S/C15H21N3O2/c1-3-17(2)14(19)11-5-4-6-12(9-11)15(20)18-8-7-13(16)10-18/h4-6,9,13H,3,7-8,10,16H2,1-2H3/t13-/m1/s1. The van der Waals surface area contributed by atoms with Gasteiger partial charge in [0, 0.05) is 43.9 Å². The Bertz CT molecular complexity index is 516. The Balaban J connectivity index is 2.17. The normalized spacial score (nSPS) is 18.1. The van der Waals surface area contributed by atoms with Gasteiger partial charge in [-0.2, -0.15) is 0 Å². The Morgan fingerprint density at radius 3 is 2.70 bits per heavy atom. The first kappa shape index (κ1) is 14.5. The predicted molar refractivity (Wildman–Crippen MR) is 77.6 cm³/mol. The van der Waals surface area contributed by atoms with Crippen LogP contribution in [-0.4, -0.2) is 54.3 Å². The third-order valence-corrected chi connectivity index (χ3v) is 3.69. The zero-order chi connectivity index (χ0) is 14.7. The van der Waals surface area contributed by atoms with Crippen molar-refractivity contribution >= 4 is 11.8 Å². The average molecular weight is 275 g/mol. The Morgan fingerprint density at radius 2 is 2.10 bits per heavy atom. The van der Waals surface area contributed by atoms with Gasteiger partial charge in [0.1, 0.15) is 0 Å². The Kier molecular flexibility index (Phi) is 4.39. The van der Waals surface area contributed by atoms with E-state index in [9.17, 15) is 9.59 Å². The summed E-state index contributed by atoms with van der Waals surface area (Å²) in [6.45, 7) is 3.83. The van der Waals surface area contributed by atoms with Crippen LogP contribution in [0.2, 0.25) is 0 Å². The minimum atomic E-state index is -0.0692. The molecule has 5 heteroatoms. The van der Waals surface area contributed by atoms with E-state index in [1.807, 2.05) is 6.92 Å². The van der Waals surface area contributed by atoms with Gasteiger partial charge in [-0.3, -0.25) is 9.59 Å². The number of nitrogens with zero attached hydrogens (tertiary/aromatic N) is 2. The van der Waals surface area contributed by atoms with Gasteiger partial charge < -0.3 is 15.5 Å². The zero-order valence-electron chi connectivity index (χ0n) is 12.0. The van der Waals surface area contributed by atoms with Crippen LogP contribution >= 0.6 is 0 Å². The molecule has 108 valence electrons. The van der Waals surface area contributed by atoms with Crippen LogP contribution in [0.5, 0.6) is 0 Å². The summed E-state index contributed by atoms with van der Waals surface area (Å²) in [6, 6.07) is 6.96. The van der Waals surface area contributed by atoms with Gasteiger partial charge in [-0.25, -0.2) is 0 Å². The van der Waals surface area contributed by atoms with Crippen molar-refractivity contribution in [2.24, 2.45) is 5.73 Å². The number of carbonyl (C=O) groups excluding carboxylic acids is 2. The highest BCUT2D eigenvalue weighted by molar-refractivity contribution is 5.99. The molecule has 1 aromatic rings. The maximum atomic E-state index is 12.4. The van der Waals surface area contributed by atoms with Gasteiger partial charge in [0.2, 0.25) is 0 Å². The molecular formula is C15H21N3O2. The van der Waals surface area contributed by atoms with Crippen LogP contribution < -0.4 is 5.73 Å². The second-order valence-corrected chi connectivity index (χ2v) is 5.20. The molecule has 1 fully saturated rings. The van der Waals surface area contributed by atoms with Crippen LogP contribution in [0.15, 0.2) is 24.3 Å². The van der Waals surface area contributed by atoms with Crippen LogP contribution in [0.1, 0.15) is 34.1 Å². The minimum Gasteiger partial charge on any atom is -0.342 e. The van der Waals surface area contributed by atoms with Crippen molar-refractivity contribution in [1.82, 2.24) is 9.80 Å². The molecule has 20 heavy (non-hydrogen) atoms. The summed E-state index contributed by atoms with van der Waals surface area (Å²) in [5, 5.41) is 0. The maximum absolute atomic E-state index is 12.4. The fraction of sp³-hybridized carbons (Fsp3) is 0.467. The van der Waals surface area contributed by atoms with E-state index in [1.165, 1.54) is 0 Å². The predicted octanol–water partition coefficient (Wildman–Crippen LogP) is 0.952. The molecule has 0 spiro atoms. The Labute approximate surface area is 119 Å². The summed E-state index contributed by atoms with van der Waals surface area (Å²) < 4.78 is 0. The van der Waals surface area contributed by atoms with Crippen LogP contribution in [0.3, 0.4) is 0 Å². The van der Waals surface area contributed by atoms with Crippen molar-refractivity contribution in [3.63, 3.8) is 0 Å². The first-order valence-corrected chi connectivity index (χ1v) is 6.93. The third kappa shape index (κ3) is 2.99. The molecule has 5 nitrogen and oxygen atoms in total. The quantitative estimate of drug-likeness (QED) is 0.893. The molecule has 1 aliphatic rings. The lowest BCUT2D eigenvalue weighted by atomic mass is 10.1. The van der Waals surface area contributed by atoms with Crippen LogP contribution in [0, 0.1) is 0 Å². The van der Waals surface area contributed by atoms with E-state index in [0.29, 0.717) is 30.8 Å². The zero-order valence-corrected chi connectivity index (χ0v) is 12.0. The monoisotopic (exact) mass is 275 g/mol. The van der Waals surface area contributed by atoms with Gasteiger partial charge in [0.05, 0.1) is 0 Å². The van der Waals surface area contributed by atoms with Gasteiger partial charge in [0.25, 0.3) is 11.8 Å². The van der Waals surface area contributed by atoms with Gasteiger partial charge in [-0.05, 0) is 31.5 Å². The summed E-state index contributed by atoms with van der Waals surface area (Å²) in [4.78, 5) is 27.8. The number of hydrogen-bond donors (Lipinski definition) is 1. The molecular weight excluding hydrogens is 254 g/mol. The van der Waals surface area contributed by atoms with Gasteiger partial charge >= 0.3 is 0 Å². The van der Waals surface area contributed by atoms with E-state index in [4.69, 9.17) is 5.73 Å². The molecule has 1 aliphatic heterocycles. The van der Waals surface area contributed by atoms with Gasteiger partial charge in [0.15, 0.2) is 0 Å². The molecule has 0 unspecified atom stereocenters. The van der Waals surface area contributed by atoms with E-state index in [0.717, 1.165) is 6.42 Å². The molecule has 1 aromatic carbocycles. The maximum Gasteiger partial charge on any atom is 0.253 e. The van der Waals surface area contributed by atoms with Crippen LogP contribution in [0.25, 0.3) is 0 Å². The number of hydrogen-bond acceptors (Lipinski definition) is 3. The number of likely N-dealkylation sites (tertiary alicyclic amines) is 1. The molecule has 0 aliphatic carbocycles. The topological polar surface area (TPSA) is 66.6 Å². The van der Waals surface area contributed by atoms with E-state index >= 15 is 0 Å². The average Bonchev–Trinajstić information content (AvgIpc) is 2.91. The highest BCUT2D eigenvalue weighted by Gasteiger charge is 2.25. The molecule has 1 atom stereocenters. The Hall–Kier alpha value is -1.88. The summed E-state index contributed by atoms with van der Waals surface area (Å²) in [5.41, 5.74) is 6.92. The first-order valence-electron chi connectivity index (χ1n) is 6.93. The van der Waals surface area contributed by atoms with E-state index in [1.54, 1.807) is 41.1 Å². The summed E-state index contributed by atoms with van der Waals surface area (Å²) in [7, 11) is 1.75. The molecule has 0 aromatic heterocycles. The summed E-state index contributed by atoms with van der Waals surface area (Å²) >= 11 is 0. The fourth-order valence-electron chi connectivity index (χ4n) is 2.30. The Morgan fingerprint density at radius 1 is 1.40 bits per heavy atom. The lowest BCUT2D eigenvalue weighted by Crippen LogP contribution is -2.32. The SMILES string of the molecule is CCN(C)C(=O)c1cccc(C(=O)N2CC[C@@H](N)C2)c1. The highest BCUT2D eigenvalue weighted by atomic mass is 16.2. The van der Waals surface area contributed by atoms with Crippen molar-refractivity contribution < 1.29 is 9.59 Å². The van der Waals surface area contributed by atoms with E-state index in [-0.39, 0.29) is 17.9 Å². The van der Waals surface area contributed by atoms with Crippen molar-refractivity contribution in [3.8, 4) is 0 Å². The molecule has 0 radical (unpaired) electrons. The van der Waals surface area contributed by atoms with Crippen molar-refractivity contribution in [2.75, 3.05) is 26.7 Å². The molecule has 0 saturated carbocycles. The molecule has 1 saturated heterocycles. The smallest absolute Gasteiger partial charge is 0.253 e. The largest absolute Gasteiger partial charge is 0.342 e. The van der Waals surface area contributed by atoms with Crippen molar-refractivity contribution in [2.45, 2.75) is 19.4 Å². The molecule has 2 N–H and O–H groups in total. The molecule has 1 heterocycles. The van der Waals surface area contributed by atoms with Crippen LogP contribution in [0.4, 0.5) is 0 Å². The minimum absolute atomic E-state index is 0.0493. The number of nitrogens with two attached hydrogens (primary N) is 1. The van der Waals surface area contributed by atoms with E-state index < -0.39 is 0 Å². The summed E-state index contributed by atoms with van der Waals surface area (Å²) in [5.74, 6) is -0.118.